The number of rotatable bonds is 1. The summed E-state index contributed by atoms with van der Waals surface area (Å²) >= 11 is 6.48. The number of nitrogens with one attached hydrogen (secondary N) is 1. The Morgan fingerprint density at radius 2 is 2.18 bits per heavy atom. The molecule has 92 valence electrons. The summed E-state index contributed by atoms with van der Waals surface area (Å²) in [6, 6.07) is 2.05. The van der Waals surface area contributed by atoms with E-state index in [1.54, 1.807) is 0 Å². The minimum atomic E-state index is 0.498. The maximum atomic E-state index is 6.48. The first kappa shape index (κ1) is 11.2. The molecule has 1 fully saturated rings. The van der Waals surface area contributed by atoms with Crippen LogP contribution >= 0.6 is 11.6 Å². The SMILES string of the molecule is Cc1cc2c(c(Cl)c1C1CCNC1)OCCO2. The van der Waals surface area contributed by atoms with Gasteiger partial charge in [-0.05, 0) is 43.0 Å². The first-order valence-electron chi connectivity index (χ1n) is 6.06. The Hall–Kier alpha value is -0.930. The predicted octanol–water partition coefficient (Wildman–Crippen LogP) is 2.50. The van der Waals surface area contributed by atoms with E-state index in [4.69, 9.17) is 21.1 Å². The highest BCUT2D eigenvalue weighted by atomic mass is 35.5. The molecule has 1 unspecified atom stereocenters. The van der Waals surface area contributed by atoms with Gasteiger partial charge in [-0.3, -0.25) is 0 Å². The van der Waals surface area contributed by atoms with E-state index >= 15 is 0 Å². The highest BCUT2D eigenvalue weighted by Crippen LogP contribution is 2.44. The van der Waals surface area contributed by atoms with Crippen LogP contribution < -0.4 is 14.8 Å². The number of fused-ring (bicyclic) bond motifs is 1. The number of halogens is 1. The van der Waals surface area contributed by atoms with Gasteiger partial charge in [0.25, 0.3) is 0 Å². The van der Waals surface area contributed by atoms with Crippen molar-refractivity contribution < 1.29 is 9.47 Å². The van der Waals surface area contributed by atoms with Crippen molar-refractivity contribution in [1.29, 1.82) is 0 Å². The van der Waals surface area contributed by atoms with E-state index in [1.165, 1.54) is 11.1 Å². The molecule has 1 atom stereocenters. The van der Waals surface area contributed by atoms with E-state index in [2.05, 4.69) is 12.2 Å². The van der Waals surface area contributed by atoms with Crippen LogP contribution in [-0.4, -0.2) is 26.3 Å². The zero-order valence-electron chi connectivity index (χ0n) is 9.88. The fourth-order valence-corrected chi connectivity index (χ4v) is 3.13. The smallest absolute Gasteiger partial charge is 0.180 e. The Balaban J connectivity index is 2.08. The molecular formula is C13H16ClNO2. The zero-order valence-corrected chi connectivity index (χ0v) is 10.6. The van der Waals surface area contributed by atoms with E-state index in [0.29, 0.717) is 19.1 Å². The van der Waals surface area contributed by atoms with Gasteiger partial charge in [-0.2, -0.15) is 0 Å². The summed E-state index contributed by atoms with van der Waals surface area (Å²) in [5, 5.41) is 4.12. The van der Waals surface area contributed by atoms with E-state index in [1.807, 2.05) is 6.07 Å². The molecule has 0 aliphatic carbocycles. The van der Waals surface area contributed by atoms with Gasteiger partial charge in [-0.25, -0.2) is 0 Å². The molecule has 0 saturated carbocycles. The normalized spacial score (nSPS) is 22.8. The van der Waals surface area contributed by atoms with Crippen LogP contribution in [-0.2, 0) is 0 Å². The average Bonchev–Trinajstić information content (AvgIpc) is 2.83. The highest BCUT2D eigenvalue weighted by Gasteiger charge is 2.26. The third-order valence-electron chi connectivity index (χ3n) is 3.49. The molecule has 0 bridgehead atoms. The Bertz CT molecular complexity index is 442. The third kappa shape index (κ3) is 1.87. The lowest BCUT2D eigenvalue weighted by atomic mass is 9.93. The summed E-state index contributed by atoms with van der Waals surface area (Å²) in [7, 11) is 0. The zero-order chi connectivity index (χ0) is 11.8. The summed E-state index contributed by atoms with van der Waals surface area (Å²) in [5.74, 6) is 2.01. The molecule has 3 rings (SSSR count). The maximum absolute atomic E-state index is 6.48. The van der Waals surface area contributed by atoms with Gasteiger partial charge >= 0.3 is 0 Å². The second-order valence-electron chi connectivity index (χ2n) is 4.64. The Kier molecular flexibility index (Phi) is 2.89. The summed E-state index contributed by atoms with van der Waals surface area (Å²) in [6.07, 6.45) is 1.14. The van der Waals surface area contributed by atoms with Crippen LogP contribution in [0.4, 0.5) is 0 Å². The largest absolute Gasteiger partial charge is 0.486 e. The van der Waals surface area contributed by atoms with Crippen molar-refractivity contribution in [3.63, 3.8) is 0 Å². The van der Waals surface area contributed by atoms with Crippen molar-refractivity contribution in [2.45, 2.75) is 19.3 Å². The van der Waals surface area contributed by atoms with Gasteiger partial charge in [0.2, 0.25) is 0 Å². The Morgan fingerprint density at radius 3 is 2.94 bits per heavy atom. The van der Waals surface area contributed by atoms with E-state index in [-0.39, 0.29) is 0 Å². The van der Waals surface area contributed by atoms with Gasteiger partial charge < -0.3 is 14.8 Å². The minimum Gasteiger partial charge on any atom is -0.486 e. The molecule has 0 spiro atoms. The molecule has 2 aliphatic rings. The van der Waals surface area contributed by atoms with Gasteiger partial charge in [-0.15, -0.1) is 0 Å². The average molecular weight is 254 g/mol. The molecule has 3 nitrogen and oxygen atoms in total. The fourth-order valence-electron chi connectivity index (χ4n) is 2.68. The van der Waals surface area contributed by atoms with Gasteiger partial charge in [-0.1, -0.05) is 11.6 Å². The fraction of sp³-hybridized carbons (Fsp3) is 0.538. The molecule has 4 heteroatoms. The summed E-state index contributed by atoms with van der Waals surface area (Å²) in [4.78, 5) is 0. The molecule has 0 amide bonds. The first-order chi connectivity index (χ1) is 8.27. The molecule has 1 aromatic rings. The molecule has 17 heavy (non-hydrogen) atoms. The van der Waals surface area contributed by atoms with Gasteiger partial charge in [0, 0.05) is 6.54 Å². The van der Waals surface area contributed by atoms with Crippen molar-refractivity contribution in [3.8, 4) is 11.5 Å². The number of hydrogen-bond acceptors (Lipinski definition) is 3. The maximum Gasteiger partial charge on any atom is 0.180 e. The molecule has 2 aliphatic heterocycles. The second-order valence-corrected chi connectivity index (χ2v) is 5.01. The predicted molar refractivity (Wildman–Crippen MR) is 67.4 cm³/mol. The van der Waals surface area contributed by atoms with Gasteiger partial charge in [0.1, 0.15) is 13.2 Å². The molecule has 1 N–H and O–H groups in total. The lowest BCUT2D eigenvalue weighted by Crippen LogP contribution is -2.17. The Morgan fingerprint density at radius 1 is 1.35 bits per heavy atom. The quantitative estimate of drug-likeness (QED) is 0.834. The van der Waals surface area contributed by atoms with Crippen molar-refractivity contribution >= 4 is 11.6 Å². The Labute approximate surface area is 106 Å². The molecule has 2 heterocycles. The monoisotopic (exact) mass is 253 g/mol. The van der Waals surface area contributed by atoms with E-state index < -0.39 is 0 Å². The van der Waals surface area contributed by atoms with Crippen LogP contribution in [0.3, 0.4) is 0 Å². The van der Waals surface area contributed by atoms with Gasteiger partial charge in [0.05, 0.1) is 5.02 Å². The molecule has 1 aromatic carbocycles. The second kappa shape index (κ2) is 4.39. The van der Waals surface area contributed by atoms with Crippen molar-refractivity contribution in [2.75, 3.05) is 26.3 Å². The van der Waals surface area contributed by atoms with E-state index in [9.17, 15) is 0 Å². The highest BCUT2D eigenvalue weighted by molar-refractivity contribution is 6.33. The van der Waals surface area contributed by atoms with Crippen LogP contribution in [0.5, 0.6) is 11.5 Å². The summed E-state index contributed by atoms with van der Waals surface area (Å²) < 4.78 is 11.2. The van der Waals surface area contributed by atoms with Crippen molar-refractivity contribution in [1.82, 2.24) is 5.32 Å². The van der Waals surface area contributed by atoms with Crippen LogP contribution in [0.25, 0.3) is 0 Å². The molecule has 1 saturated heterocycles. The van der Waals surface area contributed by atoms with Crippen LogP contribution in [0, 0.1) is 6.92 Å². The van der Waals surface area contributed by atoms with Gasteiger partial charge in [0.15, 0.2) is 11.5 Å². The van der Waals surface area contributed by atoms with Crippen LogP contribution in [0.2, 0.25) is 5.02 Å². The van der Waals surface area contributed by atoms with Crippen LogP contribution in [0.1, 0.15) is 23.5 Å². The number of ether oxygens (including phenoxy) is 2. The molecule has 0 radical (unpaired) electrons. The lowest BCUT2D eigenvalue weighted by molar-refractivity contribution is 0.171. The van der Waals surface area contributed by atoms with Crippen LogP contribution in [0.15, 0.2) is 6.07 Å². The summed E-state index contributed by atoms with van der Waals surface area (Å²) in [5.41, 5.74) is 2.42. The summed E-state index contributed by atoms with van der Waals surface area (Å²) in [6.45, 7) is 5.35. The minimum absolute atomic E-state index is 0.498. The lowest BCUT2D eigenvalue weighted by Gasteiger charge is -2.24. The topological polar surface area (TPSA) is 30.5 Å². The molecule has 0 aromatic heterocycles. The number of hydrogen-bond donors (Lipinski definition) is 1. The molecular weight excluding hydrogens is 238 g/mol. The number of aryl methyl sites for hydroxylation is 1. The third-order valence-corrected chi connectivity index (χ3v) is 3.86. The number of benzene rings is 1. The first-order valence-corrected chi connectivity index (χ1v) is 6.44. The standard InChI is InChI=1S/C13H16ClNO2/c1-8-6-10-13(17-5-4-16-10)12(14)11(8)9-2-3-15-7-9/h6,9,15H,2-5,7H2,1H3. The van der Waals surface area contributed by atoms with Crippen molar-refractivity contribution in [2.24, 2.45) is 0 Å². The van der Waals surface area contributed by atoms with E-state index in [0.717, 1.165) is 36.0 Å². The van der Waals surface area contributed by atoms with Crippen molar-refractivity contribution in [3.05, 3.63) is 22.2 Å².